The minimum atomic E-state index is -0.714. The number of likely N-dealkylation sites (tertiary alicyclic amines) is 1. The Labute approximate surface area is 201 Å². The van der Waals surface area contributed by atoms with Crippen LogP contribution in [0.3, 0.4) is 0 Å². The summed E-state index contributed by atoms with van der Waals surface area (Å²) >= 11 is 0. The van der Waals surface area contributed by atoms with Crippen LogP contribution >= 0.6 is 0 Å². The molecule has 0 radical (unpaired) electrons. The fraction of sp³-hybridized carbons (Fsp3) is 0.375. The second kappa shape index (κ2) is 10.1. The molecule has 0 aliphatic carbocycles. The van der Waals surface area contributed by atoms with Crippen molar-refractivity contribution in [1.82, 2.24) is 30.7 Å². The first-order chi connectivity index (χ1) is 17.1. The Bertz CT molecular complexity index is 1200. The van der Waals surface area contributed by atoms with Gasteiger partial charge >= 0.3 is 12.0 Å². The summed E-state index contributed by atoms with van der Waals surface area (Å²) in [5.74, 6) is 1.20. The monoisotopic (exact) mass is 478 g/mol. The molecule has 2 aliphatic heterocycles. The SMILES string of the molecule is CCOC(=O)C1=C(CN2CCC(c3nc(-c4ccccn4)no3)CC2)NC(=O)NC1c1ccco1. The zero-order valence-corrected chi connectivity index (χ0v) is 19.3. The molecule has 1 fully saturated rings. The van der Waals surface area contributed by atoms with Gasteiger partial charge in [0, 0.05) is 24.4 Å². The van der Waals surface area contributed by atoms with Crippen LogP contribution in [-0.2, 0) is 9.53 Å². The molecule has 35 heavy (non-hydrogen) atoms. The molecular weight excluding hydrogens is 452 g/mol. The smallest absolute Gasteiger partial charge is 0.338 e. The number of carbonyl (C=O) groups is 2. The summed E-state index contributed by atoms with van der Waals surface area (Å²) in [6.07, 6.45) is 4.81. The normalized spacial score (nSPS) is 19.3. The third-order valence-corrected chi connectivity index (χ3v) is 6.13. The first kappa shape index (κ1) is 22.8. The highest BCUT2D eigenvalue weighted by Gasteiger charge is 2.36. The van der Waals surface area contributed by atoms with Gasteiger partial charge in [0.1, 0.15) is 17.5 Å². The van der Waals surface area contributed by atoms with Crippen molar-refractivity contribution >= 4 is 12.0 Å². The van der Waals surface area contributed by atoms with Gasteiger partial charge in [0.15, 0.2) is 0 Å². The second-order valence-corrected chi connectivity index (χ2v) is 8.38. The summed E-state index contributed by atoms with van der Waals surface area (Å²) in [5, 5.41) is 9.65. The lowest BCUT2D eigenvalue weighted by Gasteiger charge is -2.34. The maximum atomic E-state index is 12.9. The van der Waals surface area contributed by atoms with E-state index in [9.17, 15) is 9.59 Å². The van der Waals surface area contributed by atoms with E-state index in [-0.39, 0.29) is 12.5 Å². The summed E-state index contributed by atoms with van der Waals surface area (Å²) in [4.78, 5) is 36.3. The number of carbonyl (C=O) groups excluding carboxylic acids is 2. The highest BCUT2D eigenvalue weighted by Crippen LogP contribution is 2.31. The molecule has 0 aromatic carbocycles. The largest absolute Gasteiger partial charge is 0.467 e. The van der Waals surface area contributed by atoms with Gasteiger partial charge in [-0.15, -0.1) is 0 Å². The van der Waals surface area contributed by atoms with Crippen LogP contribution < -0.4 is 10.6 Å². The van der Waals surface area contributed by atoms with Crippen LogP contribution in [0.25, 0.3) is 11.5 Å². The number of nitrogens with zero attached hydrogens (tertiary/aromatic N) is 4. The zero-order chi connectivity index (χ0) is 24.2. The van der Waals surface area contributed by atoms with Gasteiger partial charge in [-0.1, -0.05) is 11.2 Å². The van der Waals surface area contributed by atoms with Crippen LogP contribution in [0.5, 0.6) is 0 Å². The topological polar surface area (TPSA) is 136 Å². The molecule has 2 amide bonds. The molecular formula is C24H26N6O5. The number of aromatic nitrogens is 3. The zero-order valence-electron chi connectivity index (χ0n) is 19.3. The van der Waals surface area contributed by atoms with Crippen LogP contribution in [-0.4, -0.2) is 58.3 Å². The molecule has 11 heteroatoms. The number of ether oxygens (including phenoxy) is 1. The van der Waals surface area contributed by atoms with E-state index >= 15 is 0 Å². The quantitative estimate of drug-likeness (QED) is 0.491. The van der Waals surface area contributed by atoms with Gasteiger partial charge in [-0.3, -0.25) is 9.88 Å². The molecule has 0 saturated carbocycles. The molecule has 1 saturated heterocycles. The number of amides is 2. The molecule has 5 heterocycles. The van der Waals surface area contributed by atoms with Gasteiger partial charge in [-0.2, -0.15) is 4.98 Å². The summed E-state index contributed by atoms with van der Waals surface area (Å²) in [6, 6.07) is 7.90. The standard InChI is InChI=1S/C24H26N6O5/c1-2-33-23(31)19-17(26-24(32)27-20(19)18-7-5-13-34-18)14-30-11-8-15(9-12-30)22-28-21(29-35-22)16-6-3-4-10-25-16/h3-7,10,13,15,20H,2,8-9,11-12,14H2,1H3,(H2,26,27,32). The Morgan fingerprint density at radius 1 is 1.23 bits per heavy atom. The highest BCUT2D eigenvalue weighted by atomic mass is 16.5. The molecule has 182 valence electrons. The number of esters is 1. The van der Waals surface area contributed by atoms with Crippen molar-refractivity contribution in [2.75, 3.05) is 26.2 Å². The maximum Gasteiger partial charge on any atom is 0.338 e. The van der Waals surface area contributed by atoms with Crippen molar-refractivity contribution in [3.8, 4) is 11.5 Å². The Kier molecular flexibility index (Phi) is 6.57. The minimum Gasteiger partial charge on any atom is -0.467 e. The first-order valence-electron chi connectivity index (χ1n) is 11.6. The lowest BCUT2D eigenvalue weighted by atomic mass is 9.95. The molecule has 1 atom stereocenters. The first-order valence-corrected chi connectivity index (χ1v) is 11.6. The van der Waals surface area contributed by atoms with Crippen LogP contribution in [0.1, 0.15) is 43.4 Å². The van der Waals surface area contributed by atoms with E-state index in [1.807, 2.05) is 18.2 Å². The Hall–Kier alpha value is -3.99. The molecule has 1 unspecified atom stereocenters. The summed E-state index contributed by atoms with van der Waals surface area (Å²) in [5.41, 5.74) is 1.54. The molecule has 3 aromatic rings. The van der Waals surface area contributed by atoms with Crippen molar-refractivity contribution in [2.24, 2.45) is 0 Å². The predicted octanol–water partition coefficient (Wildman–Crippen LogP) is 2.78. The van der Waals surface area contributed by atoms with E-state index in [0.717, 1.165) is 25.9 Å². The average Bonchev–Trinajstić information content (AvgIpc) is 3.58. The second-order valence-electron chi connectivity index (χ2n) is 8.38. The number of hydrogen-bond acceptors (Lipinski definition) is 9. The highest BCUT2D eigenvalue weighted by molar-refractivity contribution is 5.95. The van der Waals surface area contributed by atoms with Crippen LogP contribution in [0.2, 0.25) is 0 Å². The van der Waals surface area contributed by atoms with E-state index in [0.29, 0.717) is 41.0 Å². The molecule has 2 N–H and O–H groups in total. The molecule has 0 spiro atoms. The lowest BCUT2D eigenvalue weighted by Crippen LogP contribution is -2.49. The molecule has 3 aromatic heterocycles. The van der Waals surface area contributed by atoms with E-state index in [4.69, 9.17) is 13.7 Å². The van der Waals surface area contributed by atoms with E-state index in [2.05, 4.69) is 30.7 Å². The number of furan rings is 1. The van der Waals surface area contributed by atoms with E-state index in [1.54, 1.807) is 25.3 Å². The fourth-order valence-electron chi connectivity index (χ4n) is 4.42. The summed E-state index contributed by atoms with van der Waals surface area (Å²) in [6.45, 7) is 3.84. The maximum absolute atomic E-state index is 12.9. The number of piperidine rings is 1. The third kappa shape index (κ3) is 4.94. The van der Waals surface area contributed by atoms with Crippen molar-refractivity contribution in [1.29, 1.82) is 0 Å². The van der Waals surface area contributed by atoms with Gasteiger partial charge in [-0.25, -0.2) is 9.59 Å². The van der Waals surface area contributed by atoms with Gasteiger partial charge in [-0.05, 0) is 57.1 Å². The van der Waals surface area contributed by atoms with Gasteiger partial charge in [0.2, 0.25) is 11.7 Å². The number of urea groups is 1. The number of hydrogen-bond donors (Lipinski definition) is 2. The lowest BCUT2D eigenvalue weighted by molar-refractivity contribution is -0.139. The Morgan fingerprint density at radius 3 is 2.80 bits per heavy atom. The van der Waals surface area contributed by atoms with E-state index < -0.39 is 18.0 Å². The fourth-order valence-corrected chi connectivity index (χ4v) is 4.42. The molecule has 11 nitrogen and oxygen atoms in total. The Balaban J connectivity index is 1.29. The Morgan fingerprint density at radius 2 is 2.09 bits per heavy atom. The predicted molar refractivity (Wildman–Crippen MR) is 123 cm³/mol. The minimum absolute atomic E-state index is 0.133. The molecule has 2 aliphatic rings. The number of pyridine rings is 1. The van der Waals surface area contributed by atoms with Crippen molar-refractivity contribution in [3.63, 3.8) is 0 Å². The average molecular weight is 479 g/mol. The van der Waals surface area contributed by atoms with Crippen LogP contribution in [0.4, 0.5) is 4.79 Å². The third-order valence-electron chi connectivity index (χ3n) is 6.13. The summed E-state index contributed by atoms with van der Waals surface area (Å²) in [7, 11) is 0. The van der Waals surface area contributed by atoms with E-state index in [1.165, 1.54) is 6.26 Å². The van der Waals surface area contributed by atoms with Gasteiger partial charge < -0.3 is 24.3 Å². The van der Waals surface area contributed by atoms with Gasteiger partial charge in [0.25, 0.3) is 0 Å². The molecule has 0 bridgehead atoms. The van der Waals surface area contributed by atoms with Crippen molar-refractivity contribution < 1.29 is 23.3 Å². The van der Waals surface area contributed by atoms with Crippen LogP contribution in [0.15, 0.2) is 63.0 Å². The summed E-state index contributed by atoms with van der Waals surface area (Å²) < 4.78 is 16.3. The number of nitrogens with one attached hydrogen (secondary N) is 2. The van der Waals surface area contributed by atoms with Gasteiger partial charge in [0.05, 0.1) is 18.4 Å². The molecule has 5 rings (SSSR count). The number of rotatable bonds is 7. The van der Waals surface area contributed by atoms with Crippen molar-refractivity contribution in [2.45, 2.75) is 31.7 Å². The van der Waals surface area contributed by atoms with Crippen LogP contribution in [0, 0.1) is 0 Å². The van der Waals surface area contributed by atoms with Crippen molar-refractivity contribution in [3.05, 3.63) is 65.7 Å².